The van der Waals surface area contributed by atoms with Gasteiger partial charge in [-0.1, -0.05) is 17.9 Å². The molecule has 4 nitrogen and oxygen atoms in total. The topological polar surface area (TPSA) is 61.0 Å². The second kappa shape index (κ2) is 6.53. The van der Waals surface area contributed by atoms with E-state index in [1.807, 2.05) is 25.1 Å². The van der Waals surface area contributed by atoms with Crippen LogP contribution in [0.1, 0.15) is 16.8 Å². The van der Waals surface area contributed by atoms with Gasteiger partial charge in [0, 0.05) is 18.0 Å². The predicted molar refractivity (Wildman–Crippen MR) is 73.5 cm³/mol. The average molecular weight is 253 g/mol. The number of aromatic nitrogens is 2. The largest absolute Gasteiger partial charge is 0.486 e. The summed E-state index contributed by atoms with van der Waals surface area (Å²) >= 11 is 0. The zero-order chi connectivity index (χ0) is 13.5. The SMILES string of the molecule is Cc1cccnc1COc1cncc(C#CCN)c1. The maximum absolute atomic E-state index is 5.67. The first-order valence-electron chi connectivity index (χ1n) is 5.97. The van der Waals surface area contributed by atoms with Crippen LogP contribution in [0.2, 0.25) is 0 Å². The van der Waals surface area contributed by atoms with E-state index in [-0.39, 0.29) is 0 Å². The highest BCUT2D eigenvalue weighted by Gasteiger charge is 2.01. The van der Waals surface area contributed by atoms with E-state index in [4.69, 9.17) is 10.5 Å². The number of nitrogens with zero attached hydrogens (tertiary/aromatic N) is 2. The summed E-state index contributed by atoms with van der Waals surface area (Å²) in [4.78, 5) is 8.36. The smallest absolute Gasteiger partial charge is 0.139 e. The molecule has 0 amide bonds. The Kier molecular flexibility index (Phi) is 4.49. The molecular formula is C15H15N3O. The molecule has 2 N–H and O–H groups in total. The first kappa shape index (κ1) is 13.1. The van der Waals surface area contributed by atoms with Gasteiger partial charge < -0.3 is 10.5 Å². The lowest BCUT2D eigenvalue weighted by molar-refractivity contribution is 0.299. The Morgan fingerprint density at radius 3 is 3.05 bits per heavy atom. The van der Waals surface area contributed by atoms with Crippen LogP contribution in [0.25, 0.3) is 0 Å². The minimum absolute atomic E-state index is 0.332. The second-order valence-corrected chi connectivity index (χ2v) is 3.97. The van der Waals surface area contributed by atoms with Crippen molar-refractivity contribution in [2.75, 3.05) is 6.54 Å². The molecule has 0 bridgehead atoms. The van der Waals surface area contributed by atoms with Crippen molar-refractivity contribution < 1.29 is 4.74 Å². The normalized spacial score (nSPS) is 9.58. The number of ether oxygens (including phenoxy) is 1. The predicted octanol–water partition coefficient (Wildman–Crippen LogP) is 1.67. The Bertz CT molecular complexity index is 614. The molecule has 0 aliphatic heterocycles. The molecule has 2 aromatic heterocycles. The van der Waals surface area contributed by atoms with E-state index in [0.29, 0.717) is 18.9 Å². The van der Waals surface area contributed by atoms with Gasteiger partial charge in [-0.25, -0.2) is 0 Å². The van der Waals surface area contributed by atoms with Crippen LogP contribution in [0, 0.1) is 18.8 Å². The van der Waals surface area contributed by atoms with Crippen LogP contribution >= 0.6 is 0 Å². The average Bonchev–Trinajstić information content (AvgIpc) is 2.45. The fourth-order valence-electron chi connectivity index (χ4n) is 1.54. The molecule has 2 rings (SSSR count). The fraction of sp³-hybridized carbons (Fsp3) is 0.200. The van der Waals surface area contributed by atoms with Crippen LogP contribution in [0.15, 0.2) is 36.8 Å². The van der Waals surface area contributed by atoms with Crippen molar-refractivity contribution in [1.29, 1.82) is 0 Å². The highest BCUT2D eigenvalue weighted by molar-refractivity contribution is 5.37. The van der Waals surface area contributed by atoms with E-state index < -0.39 is 0 Å². The molecule has 2 heterocycles. The van der Waals surface area contributed by atoms with E-state index in [1.54, 1.807) is 18.6 Å². The Morgan fingerprint density at radius 1 is 1.37 bits per heavy atom. The molecular weight excluding hydrogens is 238 g/mol. The molecule has 0 saturated heterocycles. The number of nitrogens with two attached hydrogens (primary N) is 1. The minimum atomic E-state index is 0.332. The summed E-state index contributed by atoms with van der Waals surface area (Å²) in [5.74, 6) is 6.38. The lowest BCUT2D eigenvalue weighted by Gasteiger charge is -2.07. The van der Waals surface area contributed by atoms with Crippen molar-refractivity contribution in [2.24, 2.45) is 5.73 Å². The molecule has 96 valence electrons. The number of pyridine rings is 2. The molecule has 0 unspecified atom stereocenters. The van der Waals surface area contributed by atoms with Gasteiger partial charge in [0.15, 0.2) is 0 Å². The quantitative estimate of drug-likeness (QED) is 0.845. The molecule has 0 saturated carbocycles. The highest BCUT2D eigenvalue weighted by atomic mass is 16.5. The lowest BCUT2D eigenvalue weighted by Crippen LogP contribution is -2.01. The Morgan fingerprint density at radius 2 is 2.26 bits per heavy atom. The van der Waals surface area contributed by atoms with Gasteiger partial charge in [0.2, 0.25) is 0 Å². The van der Waals surface area contributed by atoms with Crippen molar-refractivity contribution in [1.82, 2.24) is 9.97 Å². The number of aryl methyl sites for hydroxylation is 1. The first-order chi connectivity index (χ1) is 9.29. The van der Waals surface area contributed by atoms with Crippen LogP contribution in [0.3, 0.4) is 0 Å². The summed E-state index contributed by atoms with van der Waals surface area (Å²) in [6, 6.07) is 5.75. The third-order valence-electron chi connectivity index (χ3n) is 2.54. The summed E-state index contributed by atoms with van der Waals surface area (Å²) in [5, 5.41) is 0. The van der Waals surface area contributed by atoms with E-state index in [2.05, 4.69) is 21.8 Å². The molecule has 0 aliphatic rings. The van der Waals surface area contributed by atoms with Gasteiger partial charge in [-0.15, -0.1) is 0 Å². The maximum Gasteiger partial charge on any atom is 0.139 e. The number of hydrogen-bond donors (Lipinski definition) is 1. The number of hydrogen-bond acceptors (Lipinski definition) is 4. The van der Waals surface area contributed by atoms with Crippen molar-refractivity contribution in [3.63, 3.8) is 0 Å². The summed E-state index contributed by atoms with van der Waals surface area (Å²) in [6.07, 6.45) is 5.10. The van der Waals surface area contributed by atoms with Gasteiger partial charge in [0.25, 0.3) is 0 Å². The third-order valence-corrected chi connectivity index (χ3v) is 2.54. The third kappa shape index (κ3) is 3.80. The van der Waals surface area contributed by atoms with Crippen LogP contribution in [-0.4, -0.2) is 16.5 Å². The van der Waals surface area contributed by atoms with Gasteiger partial charge in [-0.2, -0.15) is 0 Å². The monoisotopic (exact) mass is 253 g/mol. The Hall–Kier alpha value is -2.38. The zero-order valence-corrected chi connectivity index (χ0v) is 10.8. The summed E-state index contributed by atoms with van der Waals surface area (Å²) < 4.78 is 5.67. The van der Waals surface area contributed by atoms with Crippen molar-refractivity contribution in [3.8, 4) is 17.6 Å². The van der Waals surface area contributed by atoms with Crippen molar-refractivity contribution >= 4 is 0 Å². The molecule has 4 heteroatoms. The second-order valence-electron chi connectivity index (χ2n) is 3.97. The molecule has 2 aromatic rings. The van der Waals surface area contributed by atoms with Crippen LogP contribution < -0.4 is 10.5 Å². The Balaban J connectivity index is 2.06. The van der Waals surface area contributed by atoms with Crippen molar-refractivity contribution in [2.45, 2.75) is 13.5 Å². The highest BCUT2D eigenvalue weighted by Crippen LogP contribution is 2.13. The van der Waals surface area contributed by atoms with Crippen molar-refractivity contribution in [3.05, 3.63) is 53.6 Å². The van der Waals surface area contributed by atoms with E-state index in [9.17, 15) is 0 Å². The maximum atomic E-state index is 5.67. The molecule has 0 spiro atoms. The molecule has 0 atom stereocenters. The van der Waals surface area contributed by atoms with Gasteiger partial charge in [0.1, 0.15) is 12.4 Å². The molecule has 0 fully saturated rings. The van der Waals surface area contributed by atoms with Gasteiger partial charge in [-0.05, 0) is 24.6 Å². The summed E-state index contributed by atoms with van der Waals surface area (Å²) in [5.41, 5.74) is 8.15. The Labute approximate surface area is 112 Å². The molecule has 0 aliphatic carbocycles. The molecule has 19 heavy (non-hydrogen) atoms. The lowest BCUT2D eigenvalue weighted by atomic mass is 10.2. The van der Waals surface area contributed by atoms with Crippen LogP contribution in [0.5, 0.6) is 5.75 Å². The van der Waals surface area contributed by atoms with Crippen LogP contribution in [0.4, 0.5) is 0 Å². The zero-order valence-electron chi connectivity index (χ0n) is 10.8. The van der Waals surface area contributed by atoms with Gasteiger partial charge in [-0.3, -0.25) is 9.97 Å². The van der Waals surface area contributed by atoms with E-state index >= 15 is 0 Å². The standard InChI is InChI=1S/C15H15N3O/c1-12-4-3-7-18-15(12)11-19-14-8-13(5-2-6-16)9-17-10-14/h3-4,7-10H,6,11,16H2,1H3. The van der Waals surface area contributed by atoms with Gasteiger partial charge in [0.05, 0.1) is 18.4 Å². The van der Waals surface area contributed by atoms with Crippen LogP contribution in [-0.2, 0) is 6.61 Å². The minimum Gasteiger partial charge on any atom is -0.486 e. The van der Waals surface area contributed by atoms with Gasteiger partial charge >= 0.3 is 0 Å². The fourth-order valence-corrected chi connectivity index (χ4v) is 1.54. The number of rotatable bonds is 3. The summed E-state index contributed by atoms with van der Waals surface area (Å²) in [6.45, 7) is 2.76. The summed E-state index contributed by atoms with van der Waals surface area (Å²) in [7, 11) is 0. The molecule has 0 radical (unpaired) electrons. The van der Waals surface area contributed by atoms with E-state index in [1.165, 1.54) is 0 Å². The van der Waals surface area contributed by atoms with E-state index in [0.717, 1.165) is 16.8 Å². The first-order valence-corrected chi connectivity index (χ1v) is 5.97. The molecule has 0 aromatic carbocycles.